The Morgan fingerprint density at radius 2 is 1.75 bits per heavy atom. The molecule has 190 valence electrons. The lowest BCUT2D eigenvalue weighted by Gasteiger charge is -2.16. The van der Waals surface area contributed by atoms with Crippen LogP contribution in [0.25, 0.3) is 0 Å². The number of Topliss-reactive ketones (excluding diaryl/α,β-unsaturated/α-hetero) is 1. The van der Waals surface area contributed by atoms with Crippen molar-refractivity contribution >= 4 is 46.8 Å². The van der Waals surface area contributed by atoms with Gasteiger partial charge in [0.15, 0.2) is 5.96 Å². The Morgan fingerprint density at radius 3 is 2.39 bits per heavy atom. The van der Waals surface area contributed by atoms with Crippen LogP contribution in [-0.4, -0.2) is 53.9 Å². The summed E-state index contributed by atoms with van der Waals surface area (Å²) in [5, 5.41) is 19.0. The van der Waals surface area contributed by atoms with E-state index < -0.39 is 17.9 Å². The third-order valence-corrected chi connectivity index (χ3v) is 7.17. The Labute approximate surface area is 219 Å². The largest absolute Gasteiger partial charge is 0.480 e. The average Bonchev–Trinajstić information content (AvgIpc) is 3.52. The number of ketones is 1. The van der Waals surface area contributed by atoms with E-state index in [1.807, 2.05) is 12.1 Å². The van der Waals surface area contributed by atoms with E-state index in [0.29, 0.717) is 6.42 Å². The second-order valence-corrected chi connectivity index (χ2v) is 9.95. The number of carbonyl (C=O) groups is 3. The molecular formula is C26H28Cl2N4O4. The molecule has 2 aliphatic rings. The minimum Gasteiger partial charge on any atom is -0.480 e. The molecule has 0 radical (unpaired) electrons. The molecule has 3 atom stereocenters. The molecule has 1 fully saturated rings. The maximum atomic E-state index is 12.8. The summed E-state index contributed by atoms with van der Waals surface area (Å²) in [4.78, 5) is 41.6. The number of nitrogens with zero attached hydrogens (tertiary/aromatic N) is 1. The van der Waals surface area contributed by atoms with Crippen molar-refractivity contribution in [3.05, 3.63) is 69.2 Å². The lowest BCUT2D eigenvalue weighted by atomic mass is 9.95. The first-order valence-electron chi connectivity index (χ1n) is 11.9. The van der Waals surface area contributed by atoms with Crippen molar-refractivity contribution in [2.75, 3.05) is 13.1 Å². The van der Waals surface area contributed by atoms with E-state index in [4.69, 9.17) is 23.2 Å². The highest BCUT2D eigenvalue weighted by Crippen LogP contribution is 2.28. The predicted octanol–water partition coefficient (Wildman–Crippen LogP) is 3.25. The highest BCUT2D eigenvalue weighted by atomic mass is 35.5. The zero-order valence-electron chi connectivity index (χ0n) is 19.6. The number of amides is 1. The van der Waals surface area contributed by atoms with E-state index in [9.17, 15) is 19.5 Å². The number of carboxylic acids is 1. The molecule has 1 aliphatic carbocycles. The molecule has 0 aromatic heterocycles. The summed E-state index contributed by atoms with van der Waals surface area (Å²) in [6.45, 7) is 1.63. The molecule has 0 spiro atoms. The Bertz CT molecular complexity index is 1150. The van der Waals surface area contributed by atoms with Gasteiger partial charge in [0.05, 0.1) is 22.2 Å². The van der Waals surface area contributed by atoms with Gasteiger partial charge in [0.1, 0.15) is 11.8 Å². The molecule has 0 saturated heterocycles. The first-order chi connectivity index (χ1) is 17.3. The molecule has 1 amide bonds. The molecule has 2 aromatic rings. The summed E-state index contributed by atoms with van der Waals surface area (Å²) in [6.07, 6.45) is 3.01. The lowest BCUT2D eigenvalue weighted by Crippen LogP contribution is -2.42. The van der Waals surface area contributed by atoms with Gasteiger partial charge in [-0.3, -0.25) is 14.6 Å². The maximum absolute atomic E-state index is 12.8. The lowest BCUT2D eigenvalue weighted by molar-refractivity contribution is -0.139. The third-order valence-electron chi connectivity index (χ3n) is 6.54. The van der Waals surface area contributed by atoms with Crippen LogP contribution in [0.2, 0.25) is 10.0 Å². The molecule has 4 N–H and O–H groups in total. The molecule has 10 heteroatoms. The van der Waals surface area contributed by atoms with Gasteiger partial charge in [0, 0.05) is 31.3 Å². The number of halogens is 2. The standard InChI is InChI=1S/C26H28Cl2N4O4/c27-19-2-1-3-20(28)23(19)24(34)32-21(25(35)36)12-15-4-6-16(7-5-15)13-22(33)17-8-9-18(14-17)31-26-29-10-11-30-26/h1-7,17-18,21H,8-14H2,(H,32,34)(H,35,36)(H2,29,30,31)/t17-,18+,21-/m0/s1. The first-order valence-corrected chi connectivity index (χ1v) is 12.7. The molecule has 8 nitrogen and oxygen atoms in total. The zero-order valence-corrected chi connectivity index (χ0v) is 21.1. The van der Waals surface area contributed by atoms with Crippen LogP contribution < -0.4 is 16.0 Å². The summed E-state index contributed by atoms with van der Waals surface area (Å²) in [5.41, 5.74) is 1.64. The van der Waals surface area contributed by atoms with Crippen molar-refractivity contribution in [2.45, 2.75) is 44.2 Å². The van der Waals surface area contributed by atoms with Gasteiger partial charge in [-0.25, -0.2) is 4.79 Å². The van der Waals surface area contributed by atoms with Crippen molar-refractivity contribution in [3.8, 4) is 0 Å². The van der Waals surface area contributed by atoms with E-state index in [2.05, 4.69) is 20.9 Å². The molecule has 0 unspecified atom stereocenters. The summed E-state index contributed by atoms with van der Waals surface area (Å²) < 4.78 is 0. The van der Waals surface area contributed by atoms with Crippen LogP contribution in [0.4, 0.5) is 0 Å². The second-order valence-electron chi connectivity index (χ2n) is 9.13. The number of rotatable bonds is 9. The van der Waals surface area contributed by atoms with E-state index in [1.165, 1.54) is 12.1 Å². The maximum Gasteiger partial charge on any atom is 0.326 e. The Morgan fingerprint density at radius 1 is 1.06 bits per heavy atom. The topological polar surface area (TPSA) is 120 Å². The fraction of sp³-hybridized carbons (Fsp3) is 0.385. The Balaban J connectivity index is 1.31. The van der Waals surface area contributed by atoms with Crippen molar-refractivity contribution in [1.29, 1.82) is 0 Å². The average molecular weight is 531 g/mol. The van der Waals surface area contributed by atoms with Crippen molar-refractivity contribution in [1.82, 2.24) is 16.0 Å². The van der Waals surface area contributed by atoms with Crippen LogP contribution in [-0.2, 0) is 22.4 Å². The van der Waals surface area contributed by atoms with Crippen LogP contribution in [0.15, 0.2) is 47.5 Å². The summed E-state index contributed by atoms with van der Waals surface area (Å²) in [5.74, 6) is -0.767. The quantitative estimate of drug-likeness (QED) is 0.395. The molecule has 1 aliphatic heterocycles. The Kier molecular flexibility index (Phi) is 8.48. The third kappa shape index (κ3) is 6.56. The number of nitrogens with one attached hydrogen (secondary N) is 3. The number of hydrogen-bond acceptors (Lipinski definition) is 6. The number of hydrogen-bond donors (Lipinski definition) is 4. The van der Waals surface area contributed by atoms with Crippen molar-refractivity contribution < 1.29 is 19.5 Å². The van der Waals surface area contributed by atoms with Gasteiger partial charge in [0.25, 0.3) is 5.91 Å². The van der Waals surface area contributed by atoms with E-state index in [1.54, 1.807) is 18.2 Å². The zero-order chi connectivity index (χ0) is 25.7. The minimum absolute atomic E-state index is 0.0208. The molecule has 4 rings (SSSR count). The van der Waals surface area contributed by atoms with Crippen molar-refractivity contribution in [3.63, 3.8) is 0 Å². The van der Waals surface area contributed by atoms with Gasteiger partial charge in [-0.1, -0.05) is 53.5 Å². The van der Waals surface area contributed by atoms with Gasteiger partial charge in [-0.2, -0.15) is 0 Å². The summed E-state index contributed by atoms with van der Waals surface area (Å²) in [7, 11) is 0. The molecule has 1 heterocycles. The molecule has 1 saturated carbocycles. The number of guanidine groups is 1. The number of benzene rings is 2. The smallest absolute Gasteiger partial charge is 0.326 e. The highest BCUT2D eigenvalue weighted by molar-refractivity contribution is 6.39. The van der Waals surface area contributed by atoms with Crippen LogP contribution in [0, 0.1) is 5.92 Å². The summed E-state index contributed by atoms with van der Waals surface area (Å²) in [6, 6.07) is 11.0. The number of aliphatic carboxylic acids is 1. The SMILES string of the molecule is O=C(N[C@@H](Cc1ccc(CC(=O)[C@H]2CC[C@@H](NC3=NCCN3)C2)cc1)C(=O)O)c1c(Cl)cccc1Cl. The van der Waals surface area contributed by atoms with Gasteiger partial charge < -0.3 is 21.1 Å². The van der Waals surface area contributed by atoms with Gasteiger partial charge in [0.2, 0.25) is 0 Å². The summed E-state index contributed by atoms with van der Waals surface area (Å²) >= 11 is 12.1. The van der Waals surface area contributed by atoms with E-state index in [-0.39, 0.29) is 39.8 Å². The van der Waals surface area contributed by atoms with Gasteiger partial charge >= 0.3 is 5.97 Å². The molecule has 2 aromatic carbocycles. The normalized spacial score (nSPS) is 19.8. The second kappa shape index (κ2) is 11.8. The highest BCUT2D eigenvalue weighted by Gasteiger charge is 2.30. The van der Waals surface area contributed by atoms with Crippen LogP contribution in [0.5, 0.6) is 0 Å². The van der Waals surface area contributed by atoms with Gasteiger partial charge in [-0.05, 0) is 42.5 Å². The minimum atomic E-state index is -1.17. The van der Waals surface area contributed by atoms with E-state index in [0.717, 1.165) is 49.4 Å². The van der Waals surface area contributed by atoms with Crippen LogP contribution in [0.3, 0.4) is 0 Å². The predicted molar refractivity (Wildman–Crippen MR) is 139 cm³/mol. The number of carbonyl (C=O) groups excluding carboxylic acids is 2. The van der Waals surface area contributed by atoms with Gasteiger partial charge in [-0.15, -0.1) is 0 Å². The van der Waals surface area contributed by atoms with Crippen LogP contribution >= 0.6 is 23.2 Å². The monoisotopic (exact) mass is 530 g/mol. The molecule has 36 heavy (non-hydrogen) atoms. The first kappa shape index (κ1) is 26.0. The Hall–Kier alpha value is -3.10. The fourth-order valence-corrected chi connectivity index (χ4v) is 5.18. The molecule has 0 bridgehead atoms. The van der Waals surface area contributed by atoms with E-state index >= 15 is 0 Å². The van der Waals surface area contributed by atoms with Crippen LogP contribution in [0.1, 0.15) is 40.7 Å². The number of aliphatic imine (C=N–C) groups is 1. The molecular weight excluding hydrogens is 503 g/mol. The fourth-order valence-electron chi connectivity index (χ4n) is 4.61. The van der Waals surface area contributed by atoms with Crippen molar-refractivity contribution in [2.24, 2.45) is 10.9 Å². The number of carboxylic acid groups (broad SMARTS) is 1.